The number of halogens is 3. The fourth-order valence-corrected chi connectivity index (χ4v) is 2.99. The van der Waals surface area contributed by atoms with Crippen LogP contribution in [0.5, 0.6) is 0 Å². The molecule has 0 radical (unpaired) electrons. The second kappa shape index (κ2) is 6.83. The Morgan fingerprint density at radius 3 is 2.44 bits per heavy atom. The zero-order valence-electron chi connectivity index (χ0n) is 13.4. The van der Waals surface area contributed by atoms with Crippen molar-refractivity contribution in [3.63, 3.8) is 0 Å². The highest BCUT2D eigenvalue weighted by atomic mass is 32.2. The molecule has 0 aliphatic heterocycles. The van der Waals surface area contributed by atoms with Crippen molar-refractivity contribution in [1.82, 2.24) is 25.1 Å². The van der Waals surface area contributed by atoms with Crippen molar-refractivity contribution in [1.29, 1.82) is 0 Å². The number of carbonyl (C=O) groups excluding carboxylic acids is 1. The van der Waals surface area contributed by atoms with Gasteiger partial charge in [-0.25, -0.2) is 14.2 Å². The van der Waals surface area contributed by atoms with Gasteiger partial charge in [0.1, 0.15) is 11.4 Å². The Labute approximate surface area is 149 Å². The molecule has 1 atom stereocenters. The van der Waals surface area contributed by atoms with E-state index in [1.165, 1.54) is 30.8 Å². The first-order valence-corrected chi connectivity index (χ1v) is 8.99. The van der Waals surface area contributed by atoms with Gasteiger partial charge in [0, 0.05) is 18.6 Å². The van der Waals surface area contributed by atoms with E-state index in [-0.39, 0.29) is 11.4 Å². The van der Waals surface area contributed by atoms with E-state index in [0.717, 1.165) is 12.4 Å². The molecule has 13 heteroatoms. The number of nitrogens with zero attached hydrogens (tertiary/aromatic N) is 6. The van der Waals surface area contributed by atoms with Crippen LogP contribution in [0.1, 0.15) is 16.4 Å². The van der Waals surface area contributed by atoms with Gasteiger partial charge in [0.15, 0.2) is 0 Å². The maximum atomic E-state index is 12.6. The number of aromatic nitrogens is 5. The Hall–Kier alpha value is -3.22. The highest BCUT2D eigenvalue weighted by Gasteiger charge is 2.38. The Morgan fingerprint density at radius 2 is 1.89 bits per heavy atom. The second-order valence-corrected chi connectivity index (χ2v) is 7.35. The topological polar surface area (TPSA) is 124 Å². The van der Waals surface area contributed by atoms with E-state index < -0.39 is 33.5 Å². The van der Waals surface area contributed by atoms with Gasteiger partial charge < -0.3 is 4.52 Å². The highest BCUT2D eigenvalue weighted by molar-refractivity contribution is 7.93. The van der Waals surface area contributed by atoms with Gasteiger partial charge in [-0.05, 0) is 12.1 Å². The largest absolute Gasteiger partial charge is 0.471 e. The molecule has 3 rings (SSSR count). The van der Waals surface area contributed by atoms with E-state index in [1.54, 1.807) is 0 Å². The van der Waals surface area contributed by atoms with Crippen LogP contribution in [-0.4, -0.2) is 41.5 Å². The van der Waals surface area contributed by atoms with Crippen molar-refractivity contribution in [3.05, 3.63) is 48.5 Å². The van der Waals surface area contributed by atoms with Gasteiger partial charge in [0.2, 0.25) is 5.82 Å². The van der Waals surface area contributed by atoms with E-state index in [2.05, 4.69) is 34.0 Å². The van der Waals surface area contributed by atoms with Crippen LogP contribution in [0.3, 0.4) is 0 Å². The van der Waals surface area contributed by atoms with E-state index >= 15 is 0 Å². The molecule has 3 aromatic heterocycles. The molecule has 27 heavy (non-hydrogen) atoms. The third kappa shape index (κ3) is 4.13. The third-order valence-corrected chi connectivity index (χ3v) is 4.77. The van der Waals surface area contributed by atoms with Crippen molar-refractivity contribution in [2.24, 2.45) is 4.36 Å². The first-order chi connectivity index (χ1) is 12.7. The standard InChI is InChI=1S/C14H9F3N6O3S/c1-27(25,8-2-4-18-5-3-8)23-12(24)10-7-19-9(6-20-10)11-21-13(26-22-11)14(15,16)17/h2-7H,1H3. The van der Waals surface area contributed by atoms with Crippen LogP contribution in [0.15, 0.2) is 50.7 Å². The van der Waals surface area contributed by atoms with Crippen molar-refractivity contribution in [2.75, 3.05) is 6.26 Å². The monoisotopic (exact) mass is 398 g/mol. The van der Waals surface area contributed by atoms with Gasteiger partial charge in [-0.2, -0.15) is 22.5 Å². The number of amides is 1. The fourth-order valence-electron chi connectivity index (χ4n) is 1.85. The molecule has 3 heterocycles. The molecule has 3 aromatic rings. The lowest BCUT2D eigenvalue weighted by molar-refractivity contribution is -0.159. The van der Waals surface area contributed by atoms with Crippen LogP contribution in [0.4, 0.5) is 13.2 Å². The number of pyridine rings is 1. The number of hydrogen-bond donors (Lipinski definition) is 0. The van der Waals surface area contributed by atoms with Gasteiger partial charge >= 0.3 is 18.0 Å². The lowest BCUT2D eigenvalue weighted by Gasteiger charge is -2.03. The minimum absolute atomic E-state index is 0.142. The Bertz CT molecular complexity index is 1090. The van der Waals surface area contributed by atoms with Gasteiger partial charge in [0.05, 0.1) is 27.0 Å². The summed E-state index contributed by atoms with van der Waals surface area (Å²) in [6.45, 7) is 0. The average Bonchev–Trinajstić information content (AvgIpc) is 3.13. The smallest absolute Gasteiger partial charge is 0.329 e. The summed E-state index contributed by atoms with van der Waals surface area (Å²) in [5, 5.41) is 3.16. The molecule has 0 aliphatic rings. The predicted molar refractivity (Wildman–Crippen MR) is 83.7 cm³/mol. The molecule has 0 fully saturated rings. The Balaban J connectivity index is 1.85. The minimum Gasteiger partial charge on any atom is -0.329 e. The van der Waals surface area contributed by atoms with E-state index in [0.29, 0.717) is 4.90 Å². The number of rotatable bonds is 3. The Morgan fingerprint density at radius 1 is 1.19 bits per heavy atom. The van der Waals surface area contributed by atoms with Crippen LogP contribution < -0.4 is 0 Å². The molecule has 0 saturated carbocycles. The predicted octanol–water partition coefficient (Wildman–Crippen LogP) is 2.24. The first-order valence-electron chi connectivity index (χ1n) is 7.07. The molecule has 0 spiro atoms. The third-order valence-electron chi connectivity index (χ3n) is 3.11. The van der Waals surface area contributed by atoms with Gasteiger partial charge in [-0.3, -0.25) is 9.78 Å². The van der Waals surface area contributed by atoms with Crippen LogP contribution >= 0.6 is 0 Å². The zero-order valence-corrected chi connectivity index (χ0v) is 14.2. The van der Waals surface area contributed by atoms with E-state index in [4.69, 9.17) is 0 Å². The maximum absolute atomic E-state index is 12.6. The average molecular weight is 398 g/mol. The van der Waals surface area contributed by atoms with Crippen LogP contribution in [0, 0.1) is 0 Å². The molecule has 0 bridgehead atoms. The molecule has 0 saturated heterocycles. The fraction of sp³-hybridized carbons (Fsp3) is 0.143. The summed E-state index contributed by atoms with van der Waals surface area (Å²) < 4.78 is 57.7. The second-order valence-electron chi connectivity index (χ2n) is 5.09. The summed E-state index contributed by atoms with van der Waals surface area (Å²) in [6, 6.07) is 2.92. The molecule has 1 amide bonds. The van der Waals surface area contributed by atoms with Gasteiger partial charge in [0.25, 0.3) is 0 Å². The number of alkyl halides is 3. The Kier molecular flexibility index (Phi) is 4.70. The summed E-state index contributed by atoms with van der Waals surface area (Å²) >= 11 is 0. The minimum atomic E-state index is -4.79. The molecule has 0 aromatic carbocycles. The number of hydrogen-bond acceptors (Lipinski definition) is 8. The lowest BCUT2D eigenvalue weighted by atomic mass is 10.4. The van der Waals surface area contributed by atoms with Gasteiger partial charge in [-0.1, -0.05) is 5.16 Å². The van der Waals surface area contributed by atoms with Crippen molar-refractivity contribution in [3.8, 4) is 11.5 Å². The molecule has 140 valence electrons. The summed E-state index contributed by atoms with van der Waals surface area (Å²) in [6.07, 6.45) is 1.26. The summed E-state index contributed by atoms with van der Waals surface area (Å²) in [7, 11) is -3.03. The molecule has 9 nitrogen and oxygen atoms in total. The van der Waals surface area contributed by atoms with Crippen molar-refractivity contribution < 1.29 is 26.7 Å². The summed E-state index contributed by atoms with van der Waals surface area (Å²) in [4.78, 5) is 26.9. The molecule has 0 aliphatic carbocycles. The molecule has 0 N–H and O–H groups in total. The lowest BCUT2D eigenvalue weighted by Crippen LogP contribution is -2.06. The molecule has 1 unspecified atom stereocenters. The van der Waals surface area contributed by atoms with Crippen LogP contribution in [0.2, 0.25) is 0 Å². The zero-order chi connectivity index (χ0) is 19.7. The number of carbonyl (C=O) groups is 1. The van der Waals surface area contributed by atoms with Crippen molar-refractivity contribution in [2.45, 2.75) is 11.1 Å². The highest BCUT2D eigenvalue weighted by Crippen LogP contribution is 2.28. The van der Waals surface area contributed by atoms with Crippen LogP contribution in [0.25, 0.3) is 11.5 Å². The van der Waals surface area contributed by atoms with Gasteiger partial charge in [-0.15, -0.1) is 0 Å². The maximum Gasteiger partial charge on any atom is 0.471 e. The normalized spacial score (nSPS) is 13.8. The van der Waals surface area contributed by atoms with E-state index in [9.17, 15) is 22.2 Å². The molecular formula is C14H9F3N6O3S. The first kappa shape index (κ1) is 18.6. The van der Waals surface area contributed by atoms with Crippen LogP contribution in [-0.2, 0) is 15.9 Å². The summed E-state index contributed by atoms with van der Waals surface area (Å²) in [5.74, 6) is -2.87. The quantitative estimate of drug-likeness (QED) is 0.658. The van der Waals surface area contributed by atoms with Crippen molar-refractivity contribution >= 4 is 15.6 Å². The SMILES string of the molecule is CS(=O)(=NC(=O)c1cnc(-c2noc(C(F)(F)F)n2)cn1)c1ccncc1. The summed E-state index contributed by atoms with van der Waals surface area (Å²) in [5.41, 5.74) is -0.390. The van der Waals surface area contributed by atoms with E-state index in [1.807, 2.05) is 0 Å². The molecular weight excluding hydrogens is 389 g/mol.